The Labute approximate surface area is 134 Å². The molecular weight excluding hydrogens is 306 g/mol. The van der Waals surface area contributed by atoms with Crippen LogP contribution in [0.4, 0.5) is 0 Å². The molecule has 6 heteroatoms. The minimum Gasteiger partial charge on any atom is -0.493 e. The van der Waals surface area contributed by atoms with Crippen LogP contribution in [0, 0.1) is 5.92 Å². The number of rotatable bonds is 6. The standard InChI is InChI=1S/C16H20ClNO4/c17-12-3-7-14(8-4-12)22-10-9-15(19)18-13-5-1-11(2-6-13)16(20)21/h3-4,7-8,11,13H,1-2,5-6,9-10H2,(H,18,19)(H,20,21). The van der Waals surface area contributed by atoms with Crippen LogP contribution in [0.1, 0.15) is 32.1 Å². The molecule has 2 rings (SSSR count). The lowest BCUT2D eigenvalue weighted by molar-refractivity contribution is -0.142. The summed E-state index contributed by atoms with van der Waals surface area (Å²) in [5.41, 5.74) is 0. The molecule has 2 N–H and O–H groups in total. The number of nitrogens with one attached hydrogen (secondary N) is 1. The van der Waals surface area contributed by atoms with Crippen LogP contribution in [0.5, 0.6) is 5.75 Å². The van der Waals surface area contributed by atoms with Gasteiger partial charge in [0.15, 0.2) is 0 Å². The van der Waals surface area contributed by atoms with Crippen molar-refractivity contribution in [1.82, 2.24) is 5.32 Å². The fourth-order valence-corrected chi connectivity index (χ4v) is 2.70. The number of hydrogen-bond donors (Lipinski definition) is 2. The number of hydrogen-bond acceptors (Lipinski definition) is 3. The molecule has 1 amide bonds. The van der Waals surface area contributed by atoms with Crippen molar-refractivity contribution < 1.29 is 19.4 Å². The van der Waals surface area contributed by atoms with Crippen molar-refractivity contribution >= 4 is 23.5 Å². The van der Waals surface area contributed by atoms with E-state index in [-0.39, 0.29) is 24.3 Å². The molecule has 0 radical (unpaired) electrons. The van der Waals surface area contributed by atoms with Gasteiger partial charge in [-0.15, -0.1) is 0 Å². The average Bonchev–Trinajstić information content (AvgIpc) is 2.50. The number of carboxylic acids is 1. The van der Waals surface area contributed by atoms with Crippen LogP contribution >= 0.6 is 11.6 Å². The fourth-order valence-electron chi connectivity index (χ4n) is 2.58. The summed E-state index contributed by atoms with van der Waals surface area (Å²) < 4.78 is 5.47. The van der Waals surface area contributed by atoms with E-state index in [9.17, 15) is 9.59 Å². The quantitative estimate of drug-likeness (QED) is 0.843. The van der Waals surface area contributed by atoms with Crippen molar-refractivity contribution in [3.05, 3.63) is 29.3 Å². The third-order valence-corrected chi connectivity index (χ3v) is 4.10. The van der Waals surface area contributed by atoms with Crippen LogP contribution in [-0.4, -0.2) is 29.6 Å². The van der Waals surface area contributed by atoms with E-state index in [1.165, 1.54) is 0 Å². The number of carbonyl (C=O) groups excluding carboxylic acids is 1. The zero-order valence-corrected chi connectivity index (χ0v) is 13.0. The lowest BCUT2D eigenvalue weighted by Gasteiger charge is -2.26. The predicted molar refractivity (Wildman–Crippen MR) is 83.1 cm³/mol. The molecule has 0 heterocycles. The van der Waals surface area contributed by atoms with E-state index in [0.717, 1.165) is 12.8 Å². The molecule has 1 saturated carbocycles. The molecule has 0 saturated heterocycles. The second-order valence-electron chi connectivity index (χ2n) is 5.51. The molecular formula is C16H20ClNO4. The van der Waals surface area contributed by atoms with Crippen LogP contribution in [-0.2, 0) is 9.59 Å². The minimum atomic E-state index is -0.735. The Hall–Kier alpha value is -1.75. The van der Waals surface area contributed by atoms with E-state index in [0.29, 0.717) is 30.2 Å². The highest BCUT2D eigenvalue weighted by molar-refractivity contribution is 6.30. The number of carboxylic acid groups (broad SMARTS) is 1. The highest BCUT2D eigenvalue weighted by Gasteiger charge is 2.26. The number of halogens is 1. The van der Waals surface area contributed by atoms with Gasteiger partial charge in [-0.05, 0) is 49.9 Å². The van der Waals surface area contributed by atoms with Gasteiger partial charge in [0.05, 0.1) is 18.9 Å². The van der Waals surface area contributed by atoms with Gasteiger partial charge in [-0.1, -0.05) is 11.6 Å². The first-order valence-electron chi connectivity index (χ1n) is 7.45. The van der Waals surface area contributed by atoms with Crippen molar-refractivity contribution in [2.45, 2.75) is 38.1 Å². The summed E-state index contributed by atoms with van der Waals surface area (Å²) in [4.78, 5) is 22.7. The van der Waals surface area contributed by atoms with Gasteiger partial charge in [0, 0.05) is 11.1 Å². The molecule has 1 fully saturated rings. The summed E-state index contributed by atoms with van der Waals surface area (Å²) in [7, 11) is 0. The van der Waals surface area contributed by atoms with Gasteiger partial charge in [0.25, 0.3) is 0 Å². The lowest BCUT2D eigenvalue weighted by Crippen LogP contribution is -2.39. The van der Waals surface area contributed by atoms with Crippen molar-refractivity contribution in [2.24, 2.45) is 5.92 Å². The largest absolute Gasteiger partial charge is 0.493 e. The number of aliphatic carboxylic acids is 1. The number of ether oxygens (including phenoxy) is 1. The normalized spacial score (nSPS) is 21.1. The number of benzene rings is 1. The molecule has 0 spiro atoms. The van der Waals surface area contributed by atoms with E-state index in [2.05, 4.69) is 5.32 Å². The smallest absolute Gasteiger partial charge is 0.306 e. The van der Waals surface area contributed by atoms with Crippen molar-refractivity contribution in [1.29, 1.82) is 0 Å². The van der Waals surface area contributed by atoms with Gasteiger partial charge >= 0.3 is 5.97 Å². The van der Waals surface area contributed by atoms with E-state index < -0.39 is 5.97 Å². The second kappa shape index (κ2) is 8.03. The fraction of sp³-hybridized carbons (Fsp3) is 0.500. The predicted octanol–water partition coefficient (Wildman–Crippen LogP) is 2.87. The average molecular weight is 326 g/mol. The Morgan fingerprint density at radius 1 is 1.18 bits per heavy atom. The van der Waals surface area contributed by atoms with Crippen LogP contribution in [0.3, 0.4) is 0 Å². The first-order valence-corrected chi connectivity index (χ1v) is 7.83. The summed E-state index contributed by atoms with van der Waals surface area (Å²) in [6, 6.07) is 7.06. The Kier molecular flexibility index (Phi) is 6.07. The lowest BCUT2D eigenvalue weighted by atomic mass is 9.86. The highest BCUT2D eigenvalue weighted by Crippen LogP contribution is 2.24. The maximum absolute atomic E-state index is 11.8. The summed E-state index contributed by atoms with van der Waals surface area (Å²) in [6.07, 6.45) is 2.98. The molecule has 1 aliphatic carbocycles. The molecule has 5 nitrogen and oxygen atoms in total. The molecule has 0 atom stereocenters. The van der Waals surface area contributed by atoms with E-state index >= 15 is 0 Å². The summed E-state index contributed by atoms with van der Waals surface area (Å²) >= 11 is 5.78. The van der Waals surface area contributed by atoms with Crippen LogP contribution < -0.4 is 10.1 Å². The molecule has 1 aliphatic rings. The Bertz CT molecular complexity index is 509. The topological polar surface area (TPSA) is 75.6 Å². The minimum absolute atomic E-state index is 0.0623. The van der Waals surface area contributed by atoms with Gasteiger partial charge in [-0.3, -0.25) is 9.59 Å². The molecule has 0 aliphatic heterocycles. The van der Waals surface area contributed by atoms with Gasteiger partial charge in [0.1, 0.15) is 5.75 Å². The summed E-state index contributed by atoms with van der Waals surface area (Å²) in [6.45, 7) is 0.304. The molecule has 0 aromatic heterocycles. The first kappa shape index (κ1) is 16.6. The van der Waals surface area contributed by atoms with Crippen molar-refractivity contribution in [3.8, 4) is 5.75 Å². The molecule has 22 heavy (non-hydrogen) atoms. The van der Waals surface area contributed by atoms with Crippen molar-refractivity contribution in [2.75, 3.05) is 6.61 Å². The maximum atomic E-state index is 11.8. The van der Waals surface area contributed by atoms with Gasteiger partial charge in [0.2, 0.25) is 5.91 Å². The Morgan fingerprint density at radius 3 is 2.41 bits per heavy atom. The second-order valence-corrected chi connectivity index (χ2v) is 5.94. The number of carbonyl (C=O) groups is 2. The van der Waals surface area contributed by atoms with E-state index in [1.807, 2.05) is 0 Å². The van der Waals surface area contributed by atoms with Crippen molar-refractivity contribution in [3.63, 3.8) is 0 Å². The zero-order valence-electron chi connectivity index (χ0n) is 12.3. The molecule has 120 valence electrons. The molecule has 1 aromatic carbocycles. The first-order chi connectivity index (χ1) is 10.5. The van der Waals surface area contributed by atoms with E-state index in [1.54, 1.807) is 24.3 Å². The SMILES string of the molecule is O=C(CCOc1ccc(Cl)cc1)NC1CCC(C(=O)O)CC1. The van der Waals surface area contributed by atoms with Crippen LogP contribution in [0.25, 0.3) is 0 Å². The van der Waals surface area contributed by atoms with Gasteiger partial charge in [-0.25, -0.2) is 0 Å². The third kappa shape index (κ3) is 5.22. The highest BCUT2D eigenvalue weighted by atomic mass is 35.5. The zero-order chi connectivity index (χ0) is 15.9. The number of amides is 1. The third-order valence-electron chi connectivity index (χ3n) is 3.85. The van der Waals surface area contributed by atoms with Gasteiger partial charge in [-0.2, -0.15) is 0 Å². The van der Waals surface area contributed by atoms with Gasteiger partial charge < -0.3 is 15.2 Å². The molecule has 0 bridgehead atoms. The Balaban J connectivity index is 1.64. The summed E-state index contributed by atoms with van der Waals surface area (Å²) in [5, 5.41) is 12.5. The maximum Gasteiger partial charge on any atom is 0.306 e. The monoisotopic (exact) mass is 325 g/mol. The van der Waals surface area contributed by atoms with Crippen LogP contribution in [0.2, 0.25) is 5.02 Å². The summed E-state index contributed by atoms with van der Waals surface area (Å²) in [5.74, 6) is -0.380. The molecule has 1 aromatic rings. The van der Waals surface area contributed by atoms with Crippen LogP contribution in [0.15, 0.2) is 24.3 Å². The molecule has 0 unspecified atom stereocenters. The Morgan fingerprint density at radius 2 is 1.82 bits per heavy atom. The van der Waals surface area contributed by atoms with E-state index in [4.69, 9.17) is 21.4 Å².